The lowest BCUT2D eigenvalue weighted by Crippen LogP contribution is -2.48. The molecular formula is C42H61N5O7S. The lowest BCUT2D eigenvalue weighted by Gasteiger charge is -2.37. The summed E-state index contributed by atoms with van der Waals surface area (Å²) in [7, 11) is 7.07. The van der Waals surface area contributed by atoms with Crippen LogP contribution in [0.2, 0.25) is 0 Å². The molecule has 0 saturated carbocycles. The van der Waals surface area contributed by atoms with Crippen molar-refractivity contribution in [1.82, 2.24) is 24.7 Å². The zero-order valence-electron chi connectivity index (χ0n) is 34.3. The van der Waals surface area contributed by atoms with Gasteiger partial charge in [0.05, 0.1) is 19.1 Å². The fourth-order valence-electron chi connectivity index (χ4n) is 7.93. The quantitative estimate of drug-likeness (QED) is 0.146. The first-order valence-electron chi connectivity index (χ1n) is 19.6. The highest BCUT2D eigenvalue weighted by atomic mass is 32.1. The molecule has 0 spiro atoms. The van der Waals surface area contributed by atoms with Crippen LogP contribution in [0.25, 0.3) is 10.9 Å². The van der Waals surface area contributed by atoms with Crippen molar-refractivity contribution in [2.45, 2.75) is 111 Å². The van der Waals surface area contributed by atoms with Gasteiger partial charge in [-0.2, -0.15) is 0 Å². The fraction of sp³-hybridized carbons (Fsp3) is 0.619. The van der Waals surface area contributed by atoms with E-state index in [4.69, 9.17) is 9.47 Å². The standard InChI is InChI=1S/C42H61N5O7S/c1-25(2)32(21-37(49)35-17-13-14-18-45(35)7)41(51)47(9)36(26(3)4)22-38(54-28(6)48)40-44-33(24-55-40)39(50)43-30(19-27(5)42(52)53-10)20-29-23-46(8)34-16-12-11-15-31(29)34/h11-12,15-16,23-27,30,32,35-36,38H,13-14,17-22H2,1-10H3,(H,43,50)/t27-,30+,32-,35+,36+,38+/m0/s1. The number of para-hydroxylation sites is 1. The van der Waals surface area contributed by atoms with Crippen molar-refractivity contribution in [1.29, 1.82) is 0 Å². The monoisotopic (exact) mass is 779 g/mol. The molecular weight excluding hydrogens is 719 g/mol. The molecule has 0 aliphatic carbocycles. The van der Waals surface area contributed by atoms with E-state index in [0.29, 0.717) is 17.8 Å². The number of nitrogens with one attached hydrogen (secondary N) is 1. The van der Waals surface area contributed by atoms with E-state index in [1.54, 1.807) is 24.3 Å². The summed E-state index contributed by atoms with van der Waals surface area (Å²) in [6, 6.07) is 7.12. The first-order valence-corrected chi connectivity index (χ1v) is 20.4. The van der Waals surface area contributed by atoms with Crippen molar-refractivity contribution < 1.29 is 33.4 Å². The van der Waals surface area contributed by atoms with E-state index in [1.165, 1.54) is 25.4 Å². The molecule has 55 heavy (non-hydrogen) atoms. The van der Waals surface area contributed by atoms with Crippen LogP contribution < -0.4 is 5.32 Å². The van der Waals surface area contributed by atoms with Gasteiger partial charge >= 0.3 is 11.9 Å². The first-order chi connectivity index (χ1) is 26.0. The summed E-state index contributed by atoms with van der Waals surface area (Å²) < 4.78 is 12.9. The second kappa shape index (κ2) is 19.7. The molecule has 1 aliphatic heterocycles. The van der Waals surface area contributed by atoms with Crippen LogP contribution in [0, 0.1) is 23.7 Å². The van der Waals surface area contributed by atoms with Crippen LogP contribution >= 0.6 is 11.3 Å². The molecule has 1 N–H and O–H groups in total. The van der Waals surface area contributed by atoms with Gasteiger partial charge in [-0.3, -0.25) is 28.9 Å². The summed E-state index contributed by atoms with van der Waals surface area (Å²) in [6.07, 6.45) is 5.40. The molecule has 12 nitrogen and oxygen atoms in total. The predicted molar refractivity (Wildman–Crippen MR) is 215 cm³/mol. The number of likely N-dealkylation sites (N-methyl/N-ethyl adjacent to an activating group) is 1. The summed E-state index contributed by atoms with van der Waals surface area (Å²) in [5, 5.41) is 6.27. The number of hydrogen-bond donors (Lipinski definition) is 1. The number of piperidine rings is 1. The Morgan fingerprint density at radius 2 is 1.73 bits per heavy atom. The fourth-order valence-corrected chi connectivity index (χ4v) is 8.77. The van der Waals surface area contributed by atoms with Crippen LogP contribution in [0.15, 0.2) is 35.8 Å². The molecule has 302 valence electrons. The lowest BCUT2D eigenvalue weighted by atomic mass is 9.84. The average Bonchev–Trinajstić information content (AvgIpc) is 3.76. The number of rotatable bonds is 18. The number of Topliss-reactive ketones (excluding diaryl/α,β-unsaturated/α-hetero) is 1. The zero-order chi connectivity index (χ0) is 40.6. The number of benzene rings is 1. The van der Waals surface area contributed by atoms with Gasteiger partial charge in [0.2, 0.25) is 5.91 Å². The molecule has 2 aromatic heterocycles. The Bertz CT molecular complexity index is 1800. The summed E-state index contributed by atoms with van der Waals surface area (Å²) >= 11 is 1.22. The molecule has 13 heteroatoms. The number of aryl methyl sites for hydroxylation is 1. The van der Waals surface area contributed by atoms with Gasteiger partial charge in [0.1, 0.15) is 10.7 Å². The minimum Gasteiger partial charge on any atom is -0.469 e. The molecule has 2 amide bonds. The van der Waals surface area contributed by atoms with Gasteiger partial charge in [-0.1, -0.05) is 59.2 Å². The molecule has 1 fully saturated rings. The molecule has 0 bridgehead atoms. The van der Waals surface area contributed by atoms with E-state index >= 15 is 0 Å². The van der Waals surface area contributed by atoms with Crippen molar-refractivity contribution >= 4 is 51.8 Å². The molecule has 0 unspecified atom stereocenters. The summed E-state index contributed by atoms with van der Waals surface area (Å²) in [5.74, 6) is -2.29. The molecule has 3 aromatic rings. The number of fused-ring (bicyclic) bond motifs is 1. The Balaban J connectivity index is 1.53. The normalized spacial score (nSPS) is 17.7. The van der Waals surface area contributed by atoms with E-state index < -0.39 is 35.9 Å². The number of ether oxygens (including phenoxy) is 2. The molecule has 1 saturated heterocycles. The highest BCUT2D eigenvalue weighted by molar-refractivity contribution is 7.09. The third kappa shape index (κ3) is 11.2. The number of carbonyl (C=O) groups excluding carboxylic acids is 5. The Labute approximate surface area is 330 Å². The van der Waals surface area contributed by atoms with E-state index in [2.05, 4.69) is 15.2 Å². The van der Waals surface area contributed by atoms with Gasteiger partial charge in [-0.05, 0) is 62.7 Å². The van der Waals surface area contributed by atoms with Gasteiger partial charge < -0.3 is 24.3 Å². The Morgan fingerprint density at radius 3 is 2.36 bits per heavy atom. The number of amides is 2. The van der Waals surface area contributed by atoms with Gasteiger partial charge in [-0.15, -0.1) is 11.3 Å². The highest BCUT2D eigenvalue weighted by Gasteiger charge is 2.37. The molecule has 4 rings (SSSR count). The summed E-state index contributed by atoms with van der Waals surface area (Å²) in [4.78, 5) is 74.8. The van der Waals surface area contributed by atoms with E-state index in [-0.39, 0.29) is 60.1 Å². The van der Waals surface area contributed by atoms with Gasteiger partial charge in [0.25, 0.3) is 5.91 Å². The second-order valence-corrected chi connectivity index (χ2v) is 16.9. The number of hydrogen-bond acceptors (Lipinski definition) is 10. The molecule has 1 aliphatic rings. The lowest BCUT2D eigenvalue weighted by molar-refractivity contribution is -0.149. The third-order valence-corrected chi connectivity index (χ3v) is 12.1. The number of likely N-dealkylation sites (tertiary alicyclic amines) is 1. The number of aromatic nitrogens is 2. The number of carbonyl (C=O) groups is 5. The van der Waals surface area contributed by atoms with Crippen LogP contribution in [-0.4, -0.2) is 94.8 Å². The van der Waals surface area contributed by atoms with Crippen molar-refractivity contribution in [3.63, 3.8) is 0 Å². The number of nitrogens with zero attached hydrogens (tertiary/aromatic N) is 4. The maximum atomic E-state index is 14.2. The first kappa shape index (κ1) is 43.6. The SMILES string of the molecule is COC(=O)[C@@H](C)C[C@H](Cc1cn(C)c2ccccc12)NC(=O)c1csc([C@@H](C[C@H](C(C)C)N(C)C(=O)[C@@H](CC(=O)[C@H]2CCCCN2C)C(C)C)OC(C)=O)n1. The number of esters is 2. The van der Waals surface area contributed by atoms with E-state index in [9.17, 15) is 24.0 Å². The number of ketones is 1. The molecule has 3 heterocycles. The number of methoxy groups -OCH3 is 1. The second-order valence-electron chi connectivity index (χ2n) is 16.0. The van der Waals surface area contributed by atoms with Crippen LogP contribution in [0.4, 0.5) is 0 Å². The topological polar surface area (TPSA) is 140 Å². The van der Waals surface area contributed by atoms with Crippen LogP contribution in [0.1, 0.15) is 107 Å². The van der Waals surface area contributed by atoms with Crippen LogP contribution in [-0.2, 0) is 42.1 Å². The van der Waals surface area contributed by atoms with Crippen molar-refractivity contribution in [3.8, 4) is 0 Å². The maximum absolute atomic E-state index is 14.2. The Hall–Kier alpha value is -4.10. The summed E-state index contributed by atoms with van der Waals surface area (Å²) in [6.45, 7) is 12.0. The van der Waals surface area contributed by atoms with Crippen molar-refractivity contribution in [2.24, 2.45) is 30.7 Å². The minimum absolute atomic E-state index is 0.0191. The Kier molecular flexibility index (Phi) is 15.6. The van der Waals surface area contributed by atoms with Gasteiger partial charge in [0, 0.05) is 74.3 Å². The van der Waals surface area contributed by atoms with Gasteiger partial charge in [-0.25, -0.2) is 4.98 Å². The average molecular weight is 780 g/mol. The summed E-state index contributed by atoms with van der Waals surface area (Å²) in [5.41, 5.74) is 2.28. The van der Waals surface area contributed by atoms with Crippen molar-refractivity contribution in [3.05, 3.63) is 52.1 Å². The van der Waals surface area contributed by atoms with Crippen LogP contribution in [0.3, 0.4) is 0 Å². The van der Waals surface area contributed by atoms with Crippen LogP contribution in [0.5, 0.6) is 0 Å². The molecule has 1 aromatic carbocycles. The minimum atomic E-state index is -0.812. The van der Waals surface area contributed by atoms with E-state index in [0.717, 1.165) is 42.3 Å². The highest BCUT2D eigenvalue weighted by Crippen LogP contribution is 2.33. The zero-order valence-corrected chi connectivity index (χ0v) is 35.1. The Morgan fingerprint density at radius 1 is 1.02 bits per heavy atom. The smallest absolute Gasteiger partial charge is 0.308 e. The molecule has 6 atom stereocenters. The third-order valence-electron chi connectivity index (χ3n) is 11.1. The number of thiazole rings is 1. The predicted octanol–water partition coefficient (Wildman–Crippen LogP) is 6.37. The van der Waals surface area contributed by atoms with E-state index in [1.807, 2.05) is 76.8 Å². The van der Waals surface area contributed by atoms with Crippen molar-refractivity contribution in [2.75, 3.05) is 27.7 Å². The molecule has 0 radical (unpaired) electrons. The van der Waals surface area contributed by atoms with Gasteiger partial charge in [0.15, 0.2) is 11.9 Å². The largest absolute Gasteiger partial charge is 0.469 e. The maximum Gasteiger partial charge on any atom is 0.308 e.